The van der Waals surface area contributed by atoms with Gasteiger partial charge in [0.15, 0.2) is 0 Å². The van der Waals surface area contributed by atoms with Crippen molar-refractivity contribution < 1.29 is 18.3 Å². The van der Waals surface area contributed by atoms with E-state index in [9.17, 15) is 13.5 Å². The summed E-state index contributed by atoms with van der Waals surface area (Å²) in [6.45, 7) is 2.63. The summed E-state index contributed by atoms with van der Waals surface area (Å²) in [7, 11) is -1.76. The second kappa shape index (κ2) is 4.78. The summed E-state index contributed by atoms with van der Waals surface area (Å²) in [6, 6.07) is 0. The summed E-state index contributed by atoms with van der Waals surface area (Å²) in [5, 5.41) is 9.83. The lowest BCUT2D eigenvalue weighted by Crippen LogP contribution is -2.63. The Kier molecular flexibility index (Phi) is 4.11. The largest absolute Gasteiger partial charge is 0.387 e. The van der Waals surface area contributed by atoms with Gasteiger partial charge in [0.1, 0.15) is 0 Å². The second-order valence-electron chi connectivity index (χ2n) is 4.05. The van der Waals surface area contributed by atoms with E-state index >= 15 is 0 Å². The normalized spacial score (nSPS) is 21.3. The number of β-amino-alcohol motifs (C(OH)–C–C–N with tert-alkyl or cyclic N) is 1. The van der Waals surface area contributed by atoms with Crippen LogP contribution in [0.2, 0.25) is 0 Å². The third kappa shape index (κ3) is 3.14. The minimum atomic E-state index is -3.23. The molecule has 90 valence electrons. The Balaban J connectivity index is 2.43. The summed E-state index contributed by atoms with van der Waals surface area (Å²) in [5.74, 6) is -0.00823. The molecule has 1 aliphatic heterocycles. The molecule has 1 heterocycles. The molecule has 0 spiro atoms. The third-order valence-electron chi connectivity index (χ3n) is 2.60. The standard InChI is InChI=1S/C9H19NO4S/c1-3-4-9(11)7-10(8-9)15(12,13)6-5-14-2/h11H,3-8H2,1-2H3. The number of ether oxygens (including phenoxy) is 1. The summed E-state index contributed by atoms with van der Waals surface area (Å²) in [5.41, 5.74) is -0.797. The SMILES string of the molecule is CCCC1(O)CN(S(=O)(=O)CCOC)C1. The number of hydrogen-bond acceptors (Lipinski definition) is 4. The Labute approximate surface area is 91.1 Å². The van der Waals surface area contributed by atoms with Gasteiger partial charge in [-0.15, -0.1) is 0 Å². The molecular formula is C9H19NO4S. The van der Waals surface area contributed by atoms with Crippen LogP contribution in [0, 0.1) is 0 Å². The first kappa shape index (κ1) is 12.9. The van der Waals surface area contributed by atoms with Gasteiger partial charge in [-0.1, -0.05) is 13.3 Å². The van der Waals surface area contributed by atoms with Gasteiger partial charge in [0.2, 0.25) is 10.0 Å². The first-order valence-corrected chi connectivity index (χ1v) is 6.73. The van der Waals surface area contributed by atoms with Crippen molar-refractivity contribution in [3.8, 4) is 0 Å². The van der Waals surface area contributed by atoms with Crippen LogP contribution in [0.15, 0.2) is 0 Å². The van der Waals surface area contributed by atoms with Crippen molar-refractivity contribution in [1.82, 2.24) is 4.31 Å². The molecule has 5 nitrogen and oxygen atoms in total. The van der Waals surface area contributed by atoms with Gasteiger partial charge in [-0.2, -0.15) is 4.31 Å². The summed E-state index contributed by atoms with van der Waals surface area (Å²) in [4.78, 5) is 0. The van der Waals surface area contributed by atoms with E-state index in [1.54, 1.807) is 0 Å². The van der Waals surface area contributed by atoms with Crippen LogP contribution in [0.4, 0.5) is 0 Å². The fourth-order valence-corrected chi connectivity index (χ4v) is 3.26. The van der Waals surface area contributed by atoms with Gasteiger partial charge in [0.05, 0.1) is 18.0 Å². The molecule has 1 aliphatic rings. The lowest BCUT2D eigenvalue weighted by molar-refractivity contribution is -0.0654. The Morgan fingerprint density at radius 3 is 2.53 bits per heavy atom. The molecule has 0 aromatic rings. The quantitative estimate of drug-likeness (QED) is 0.695. The fraction of sp³-hybridized carbons (Fsp3) is 1.00. The molecule has 1 fully saturated rings. The first-order valence-electron chi connectivity index (χ1n) is 5.13. The Bertz CT molecular complexity index is 295. The number of hydrogen-bond donors (Lipinski definition) is 1. The average Bonchev–Trinajstić information content (AvgIpc) is 2.11. The van der Waals surface area contributed by atoms with E-state index in [1.165, 1.54) is 11.4 Å². The van der Waals surface area contributed by atoms with Crippen molar-refractivity contribution in [2.75, 3.05) is 32.6 Å². The zero-order valence-electron chi connectivity index (χ0n) is 9.27. The Morgan fingerprint density at radius 1 is 1.47 bits per heavy atom. The molecule has 15 heavy (non-hydrogen) atoms. The highest BCUT2D eigenvalue weighted by Crippen LogP contribution is 2.28. The number of sulfonamides is 1. The first-order chi connectivity index (χ1) is 6.93. The van der Waals surface area contributed by atoms with E-state index in [0.717, 1.165) is 6.42 Å². The van der Waals surface area contributed by atoms with E-state index in [2.05, 4.69) is 0 Å². The molecule has 0 bridgehead atoms. The molecule has 0 amide bonds. The molecule has 0 aromatic heterocycles. The van der Waals surface area contributed by atoms with Gasteiger partial charge in [-0.3, -0.25) is 0 Å². The van der Waals surface area contributed by atoms with Crippen molar-refractivity contribution in [3.05, 3.63) is 0 Å². The van der Waals surface area contributed by atoms with Crippen molar-refractivity contribution in [1.29, 1.82) is 0 Å². The average molecular weight is 237 g/mol. The van der Waals surface area contributed by atoms with Crippen molar-refractivity contribution in [3.63, 3.8) is 0 Å². The van der Waals surface area contributed by atoms with Gasteiger partial charge >= 0.3 is 0 Å². The van der Waals surface area contributed by atoms with E-state index in [1.807, 2.05) is 6.92 Å². The number of aliphatic hydroxyl groups is 1. The van der Waals surface area contributed by atoms with Crippen molar-refractivity contribution >= 4 is 10.0 Å². The summed E-state index contributed by atoms with van der Waals surface area (Å²) in [6.07, 6.45) is 1.52. The van der Waals surface area contributed by atoms with Crippen LogP contribution in [0.25, 0.3) is 0 Å². The van der Waals surface area contributed by atoms with Gasteiger partial charge in [0.25, 0.3) is 0 Å². The molecule has 0 aliphatic carbocycles. The van der Waals surface area contributed by atoms with Crippen LogP contribution < -0.4 is 0 Å². The van der Waals surface area contributed by atoms with Gasteiger partial charge in [-0.05, 0) is 6.42 Å². The van der Waals surface area contributed by atoms with Crippen LogP contribution in [0.3, 0.4) is 0 Å². The maximum atomic E-state index is 11.6. The van der Waals surface area contributed by atoms with Gasteiger partial charge in [0, 0.05) is 20.2 Å². The van der Waals surface area contributed by atoms with Crippen LogP contribution >= 0.6 is 0 Å². The van der Waals surface area contributed by atoms with Crippen LogP contribution in [-0.4, -0.2) is 56.0 Å². The molecule has 0 aromatic carbocycles. The molecule has 0 radical (unpaired) electrons. The van der Waals surface area contributed by atoms with Crippen molar-refractivity contribution in [2.45, 2.75) is 25.4 Å². The van der Waals surface area contributed by atoms with E-state index in [0.29, 0.717) is 6.42 Å². The predicted octanol–water partition coefficient (Wildman–Crippen LogP) is -0.191. The van der Waals surface area contributed by atoms with Gasteiger partial charge in [-0.25, -0.2) is 8.42 Å². The van der Waals surface area contributed by atoms with Crippen LogP contribution in [0.5, 0.6) is 0 Å². The molecule has 1 saturated heterocycles. The fourth-order valence-electron chi connectivity index (χ4n) is 1.75. The van der Waals surface area contributed by atoms with E-state index in [4.69, 9.17) is 4.74 Å². The van der Waals surface area contributed by atoms with E-state index < -0.39 is 15.6 Å². The number of rotatable bonds is 6. The van der Waals surface area contributed by atoms with Crippen LogP contribution in [-0.2, 0) is 14.8 Å². The highest BCUT2D eigenvalue weighted by Gasteiger charge is 2.45. The summed E-state index contributed by atoms with van der Waals surface area (Å²) < 4.78 is 29.2. The predicted molar refractivity (Wildman–Crippen MR) is 57.1 cm³/mol. The van der Waals surface area contributed by atoms with Crippen molar-refractivity contribution in [2.24, 2.45) is 0 Å². The lowest BCUT2D eigenvalue weighted by Gasteiger charge is -2.45. The molecule has 1 N–H and O–H groups in total. The molecule has 1 rings (SSSR count). The maximum Gasteiger partial charge on any atom is 0.216 e. The zero-order valence-corrected chi connectivity index (χ0v) is 10.1. The Hall–Kier alpha value is -0.170. The maximum absolute atomic E-state index is 11.6. The number of nitrogens with zero attached hydrogens (tertiary/aromatic N) is 1. The topological polar surface area (TPSA) is 66.8 Å². The summed E-state index contributed by atoms with van der Waals surface area (Å²) >= 11 is 0. The van der Waals surface area contributed by atoms with Crippen LogP contribution in [0.1, 0.15) is 19.8 Å². The molecule has 0 unspecified atom stereocenters. The minimum absolute atomic E-state index is 0.00823. The minimum Gasteiger partial charge on any atom is -0.387 e. The Morgan fingerprint density at radius 2 is 2.07 bits per heavy atom. The highest BCUT2D eigenvalue weighted by molar-refractivity contribution is 7.89. The molecule has 0 atom stereocenters. The number of methoxy groups -OCH3 is 1. The second-order valence-corrected chi connectivity index (χ2v) is 6.14. The highest BCUT2D eigenvalue weighted by atomic mass is 32.2. The zero-order chi connectivity index (χ0) is 11.5. The monoisotopic (exact) mass is 237 g/mol. The van der Waals surface area contributed by atoms with E-state index in [-0.39, 0.29) is 25.4 Å². The smallest absolute Gasteiger partial charge is 0.216 e. The third-order valence-corrected chi connectivity index (χ3v) is 4.32. The lowest BCUT2D eigenvalue weighted by atomic mass is 9.92. The molecule has 6 heteroatoms. The molecule has 0 saturated carbocycles. The van der Waals surface area contributed by atoms with Gasteiger partial charge < -0.3 is 9.84 Å². The molecular weight excluding hydrogens is 218 g/mol.